The van der Waals surface area contributed by atoms with E-state index in [0.717, 1.165) is 18.7 Å². The lowest BCUT2D eigenvalue weighted by molar-refractivity contribution is 0.449. The van der Waals surface area contributed by atoms with Crippen molar-refractivity contribution in [3.8, 4) is 0 Å². The van der Waals surface area contributed by atoms with Crippen LogP contribution in [0.25, 0.3) is 0 Å². The number of nitrogens with zero attached hydrogens (tertiary/aromatic N) is 1. The lowest BCUT2D eigenvalue weighted by Crippen LogP contribution is -2.35. The largest absolute Gasteiger partial charge is 0.313 e. The summed E-state index contributed by atoms with van der Waals surface area (Å²) in [5.74, 6) is 0. The molecule has 0 aliphatic heterocycles. The van der Waals surface area contributed by atoms with Crippen LogP contribution in [-0.4, -0.2) is 32.4 Å². The van der Waals surface area contributed by atoms with Gasteiger partial charge in [-0.15, -0.1) is 0 Å². The summed E-state index contributed by atoms with van der Waals surface area (Å²) >= 11 is 0. The van der Waals surface area contributed by atoms with Gasteiger partial charge >= 0.3 is 10.2 Å². The molecule has 108 valence electrons. The van der Waals surface area contributed by atoms with E-state index >= 15 is 0 Å². The number of hydrogen-bond donors (Lipinski definition) is 2. The molecule has 0 saturated carbocycles. The molecule has 0 heterocycles. The monoisotopic (exact) mass is 285 g/mol. The van der Waals surface area contributed by atoms with Gasteiger partial charge in [0.05, 0.1) is 5.69 Å². The predicted octanol–water partition coefficient (Wildman–Crippen LogP) is 1.79. The van der Waals surface area contributed by atoms with E-state index in [0.29, 0.717) is 18.8 Å². The molecule has 1 aromatic carbocycles. The van der Waals surface area contributed by atoms with E-state index in [2.05, 4.69) is 10.0 Å². The Morgan fingerprint density at radius 1 is 1.16 bits per heavy atom. The number of nitrogens with one attached hydrogen (secondary N) is 2. The molecule has 6 heteroatoms. The minimum atomic E-state index is -3.45. The Morgan fingerprint density at radius 2 is 1.84 bits per heavy atom. The lowest BCUT2D eigenvalue weighted by Gasteiger charge is -2.19. The van der Waals surface area contributed by atoms with Crippen LogP contribution in [0.5, 0.6) is 0 Å². The number of benzene rings is 1. The van der Waals surface area contributed by atoms with Crippen molar-refractivity contribution in [2.45, 2.75) is 27.3 Å². The van der Waals surface area contributed by atoms with Crippen molar-refractivity contribution in [2.75, 3.05) is 24.4 Å². The van der Waals surface area contributed by atoms with Gasteiger partial charge in [-0.1, -0.05) is 32.9 Å². The first-order valence-corrected chi connectivity index (χ1v) is 8.05. The molecule has 1 rings (SSSR count). The number of rotatable bonds is 8. The fourth-order valence-electron chi connectivity index (χ4n) is 1.79. The van der Waals surface area contributed by atoms with E-state index in [1.165, 1.54) is 4.31 Å². The third-order valence-corrected chi connectivity index (χ3v) is 4.49. The SMILES string of the molecule is CCNCc1cccc(NS(=O)(=O)N(CC)CC)c1. The maximum Gasteiger partial charge on any atom is 0.301 e. The lowest BCUT2D eigenvalue weighted by atomic mass is 10.2. The average Bonchev–Trinajstić information content (AvgIpc) is 2.37. The van der Waals surface area contributed by atoms with Crippen molar-refractivity contribution in [2.24, 2.45) is 0 Å². The first-order valence-electron chi connectivity index (χ1n) is 6.61. The second kappa shape index (κ2) is 7.47. The second-order valence-corrected chi connectivity index (χ2v) is 5.84. The molecule has 0 aliphatic rings. The molecular weight excluding hydrogens is 262 g/mol. The zero-order chi connectivity index (χ0) is 14.3. The predicted molar refractivity (Wildman–Crippen MR) is 79.3 cm³/mol. The highest BCUT2D eigenvalue weighted by Crippen LogP contribution is 2.14. The van der Waals surface area contributed by atoms with Gasteiger partial charge in [0.25, 0.3) is 0 Å². The van der Waals surface area contributed by atoms with E-state index in [1.807, 2.05) is 39.0 Å². The van der Waals surface area contributed by atoms with Gasteiger partial charge in [-0.05, 0) is 24.2 Å². The highest BCUT2D eigenvalue weighted by atomic mass is 32.2. The zero-order valence-corrected chi connectivity index (χ0v) is 12.6. The summed E-state index contributed by atoms with van der Waals surface area (Å²) in [7, 11) is -3.45. The molecule has 0 bridgehead atoms. The molecule has 0 amide bonds. The van der Waals surface area contributed by atoms with Crippen LogP contribution in [0.1, 0.15) is 26.3 Å². The molecule has 0 aromatic heterocycles. The Hall–Kier alpha value is -1.11. The van der Waals surface area contributed by atoms with E-state index in [1.54, 1.807) is 6.07 Å². The Morgan fingerprint density at radius 3 is 2.42 bits per heavy atom. The van der Waals surface area contributed by atoms with Crippen LogP contribution >= 0.6 is 0 Å². The van der Waals surface area contributed by atoms with Crippen molar-refractivity contribution in [3.05, 3.63) is 29.8 Å². The highest BCUT2D eigenvalue weighted by Gasteiger charge is 2.18. The molecular formula is C13H23N3O2S. The number of anilines is 1. The summed E-state index contributed by atoms with van der Waals surface area (Å²) in [5, 5.41) is 3.21. The van der Waals surface area contributed by atoms with Crippen LogP contribution in [-0.2, 0) is 16.8 Å². The topological polar surface area (TPSA) is 61.4 Å². The summed E-state index contributed by atoms with van der Waals surface area (Å²) in [6.45, 7) is 8.22. The Bertz CT molecular complexity index is 484. The normalized spacial score (nSPS) is 11.8. The molecule has 0 radical (unpaired) electrons. The molecule has 19 heavy (non-hydrogen) atoms. The summed E-state index contributed by atoms with van der Waals surface area (Å²) in [5.41, 5.74) is 1.66. The van der Waals surface area contributed by atoms with Crippen molar-refractivity contribution in [3.63, 3.8) is 0 Å². The Kier molecular flexibility index (Phi) is 6.27. The Balaban J connectivity index is 2.81. The molecule has 2 N–H and O–H groups in total. The molecule has 5 nitrogen and oxygen atoms in total. The summed E-state index contributed by atoms with van der Waals surface area (Å²) in [4.78, 5) is 0. The van der Waals surface area contributed by atoms with Crippen molar-refractivity contribution >= 4 is 15.9 Å². The summed E-state index contributed by atoms with van der Waals surface area (Å²) < 4.78 is 28.2. The Labute approximate surface area is 116 Å². The van der Waals surface area contributed by atoms with Crippen LogP contribution in [0.15, 0.2) is 24.3 Å². The molecule has 0 aliphatic carbocycles. The van der Waals surface area contributed by atoms with Crippen molar-refractivity contribution in [1.82, 2.24) is 9.62 Å². The van der Waals surface area contributed by atoms with Gasteiger partial charge in [0.15, 0.2) is 0 Å². The molecule has 0 fully saturated rings. The second-order valence-electron chi connectivity index (χ2n) is 4.17. The zero-order valence-electron chi connectivity index (χ0n) is 11.8. The quantitative estimate of drug-likeness (QED) is 0.765. The van der Waals surface area contributed by atoms with E-state index < -0.39 is 10.2 Å². The summed E-state index contributed by atoms with van der Waals surface area (Å²) in [6.07, 6.45) is 0. The van der Waals surface area contributed by atoms with E-state index in [-0.39, 0.29) is 0 Å². The van der Waals surface area contributed by atoms with Gasteiger partial charge < -0.3 is 5.32 Å². The first kappa shape index (κ1) is 15.9. The smallest absolute Gasteiger partial charge is 0.301 e. The van der Waals surface area contributed by atoms with E-state index in [9.17, 15) is 8.42 Å². The van der Waals surface area contributed by atoms with Crippen LogP contribution in [0.2, 0.25) is 0 Å². The van der Waals surface area contributed by atoms with Crippen molar-refractivity contribution < 1.29 is 8.42 Å². The van der Waals surface area contributed by atoms with Crippen LogP contribution in [0, 0.1) is 0 Å². The van der Waals surface area contributed by atoms with Crippen LogP contribution in [0.4, 0.5) is 5.69 Å². The van der Waals surface area contributed by atoms with Gasteiger partial charge in [-0.25, -0.2) is 0 Å². The third kappa shape index (κ3) is 4.81. The van der Waals surface area contributed by atoms with Gasteiger partial charge in [0.2, 0.25) is 0 Å². The molecule has 0 atom stereocenters. The van der Waals surface area contributed by atoms with Gasteiger partial charge in [-0.2, -0.15) is 12.7 Å². The maximum atomic E-state index is 12.1. The van der Waals surface area contributed by atoms with Gasteiger partial charge in [-0.3, -0.25) is 4.72 Å². The standard InChI is InChI=1S/C13H23N3O2S/c1-4-14-11-12-8-7-9-13(10-12)15-19(17,18)16(5-2)6-3/h7-10,14-15H,4-6,11H2,1-3H3. The summed E-state index contributed by atoms with van der Waals surface area (Å²) in [6, 6.07) is 7.44. The molecule has 1 aromatic rings. The molecule has 0 spiro atoms. The van der Waals surface area contributed by atoms with Gasteiger partial charge in [0, 0.05) is 19.6 Å². The van der Waals surface area contributed by atoms with Crippen molar-refractivity contribution in [1.29, 1.82) is 0 Å². The fraction of sp³-hybridized carbons (Fsp3) is 0.538. The third-order valence-electron chi connectivity index (χ3n) is 2.80. The number of hydrogen-bond acceptors (Lipinski definition) is 3. The van der Waals surface area contributed by atoms with E-state index in [4.69, 9.17) is 0 Å². The maximum absolute atomic E-state index is 12.1. The highest BCUT2D eigenvalue weighted by molar-refractivity contribution is 7.90. The van der Waals surface area contributed by atoms with Crippen LogP contribution in [0.3, 0.4) is 0 Å². The minimum Gasteiger partial charge on any atom is -0.313 e. The minimum absolute atomic E-state index is 0.461. The van der Waals surface area contributed by atoms with Crippen LogP contribution < -0.4 is 10.0 Å². The first-order chi connectivity index (χ1) is 9.03. The average molecular weight is 285 g/mol. The van der Waals surface area contributed by atoms with Gasteiger partial charge in [0.1, 0.15) is 0 Å². The molecule has 0 unspecified atom stereocenters. The molecule has 0 saturated heterocycles. The fourth-order valence-corrected chi connectivity index (χ4v) is 3.02.